The Balaban J connectivity index is 2.00. The third-order valence-electron chi connectivity index (χ3n) is 4.93. The van der Waals surface area contributed by atoms with Gasteiger partial charge in [0, 0.05) is 12.0 Å². The normalized spacial score (nSPS) is 19.4. The molecule has 2 rings (SSSR count). The third kappa shape index (κ3) is 3.43. The lowest BCUT2D eigenvalue weighted by Crippen LogP contribution is -2.51. The van der Waals surface area contributed by atoms with Gasteiger partial charge < -0.3 is 11.1 Å². The first-order valence-electron chi connectivity index (χ1n) is 7.78. The summed E-state index contributed by atoms with van der Waals surface area (Å²) in [5, 5.41) is 3.00. The zero-order chi connectivity index (χ0) is 15.5. The molecule has 0 bridgehead atoms. The van der Waals surface area contributed by atoms with Crippen LogP contribution in [0.4, 0.5) is 4.39 Å². The molecule has 21 heavy (non-hydrogen) atoms. The van der Waals surface area contributed by atoms with Crippen molar-refractivity contribution in [2.24, 2.45) is 11.7 Å². The van der Waals surface area contributed by atoms with Crippen LogP contribution in [-0.2, 0) is 10.2 Å². The van der Waals surface area contributed by atoms with Crippen molar-refractivity contribution in [3.63, 3.8) is 0 Å². The summed E-state index contributed by atoms with van der Waals surface area (Å²) in [7, 11) is 0. The fourth-order valence-electron chi connectivity index (χ4n) is 2.86. The number of amides is 1. The van der Waals surface area contributed by atoms with Crippen molar-refractivity contribution in [2.75, 3.05) is 6.54 Å². The van der Waals surface area contributed by atoms with Crippen LogP contribution in [0.15, 0.2) is 24.3 Å². The van der Waals surface area contributed by atoms with Gasteiger partial charge in [-0.15, -0.1) is 0 Å². The van der Waals surface area contributed by atoms with Crippen molar-refractivity contribution in [1.82, 2.24) is 5.32 Å². The van der Waals surface area contributed by atoms with E-state index in [0.29, 0.717) is 6.54 Å². The largest absolute Gasteiger partial charge is 0.354 e. The van der Waals surface area contributed by atoms with Crippen LogP contribution in [0.25, 0.3) is 0 Å². The van der Waals surface area contributed by atoms with Gasteiger partial charge >= 0.3 is 0 Å². The van der Waals surface area contributed by atoms with Gasteiger partial charge in [-0.25, -0.2) is 4.39 Å². The Bertz CT molecular complexity index is 482. The number of nitrogens with one attached hydrogen (secondary N) is 1. The standard InChI is InChI=1S/C17H25FN2O/c1-3-12(2)15(19)16(21)20-11-17(9-4-10-17)13-5-7-14(18)8-6-13/h5-8,12,15H,3-4,9-11,19H2,1-2H3,(H,20,21). The second-order valence-corrected chi connectivity index (χ2v) is 6.27. The van der Waals surface area contributed by atoms with Crippen LogP contribution in [0, 0.1) is 11.7 Å². The van der Waals surface area contributed by atoms with E-state index in [-0.39, 0.29) is 23.1 Å². The van der Waals surface area contributed by atoms with Gasteiger partial charge in [0.25, 0.3) is 0 Å². The van der Waals surface area contributed by atoms with E-state index >= 15 is 0 Å². The molecule has 1 saturated carbocycles. The maximum atomic E-state index is 13.1. The van der Waals surface area contributed by atoms with Crippen molar-refractivity contribution in [1.29, 1.82) is 0 Å². The number of benzene rings is 1. The average molecular weight is 292 g/mol. The van der Waals surface area contributed by atoms with Crippen LogP contribution in [0.3, 0.4) is 0 Å². The number of hydrogen-bond acceptors (Lipinski definition) is 2. The van der Waals surface area contributed by atoms with Crippen LogP contribution in [0.2, 0.25) is 0 Å². The highest BCUT2D eigenvalue weighted by atomic mass is 19.1. The molecule has 1 aromatic rings. The number of carbonyl (C=O) groups is 1. The SMILES string of the molecule is CCC(C)C(N)C(=O)NCC1(c2ccc(F)cc2)CCC1. The first kappa shape index (κ1) is 16.0. The Hall–Kier alpha value is -1.42. The highest BCUT2D eigenvalue weighted by Gasteiger charge is 2.39. The number of hydrogen-bond donors (Lipinski definition) is 2. The zero-order valence-corrected chi connectivity index (χ0v) is 12.9. The summed E-state index contributed by atoms with van der Waals surface area (Å²) in [5.41, 5.74) is 7.02. The Morgan fingerprint density at radius 3 is 2.48 bits per heavy atom. The third-order valence-corrected chi connectivity index (χ3v) is 4.93. The summed E-state index contributed by atoms with van der Waals surface area (Å²) in [5.74, 6) is -0.137. The second-order valence-electron chi connectivity index (χ2n) is 6.27. The minimum Gasteiger partial charge on any atom is -0.354 e. The summed E-state index contributed by atoms with van der Waals surface area (Å²) >= 11 is 0. The molecular formula is C17H25FN2O. The first-order chi connectivity index (χ1) is 9.98. The molecule has 3 N–H and O–H groups in total. The van der Waals surface area contributed by atoms with Crippen molar-refractivity contribution in [3.8, 4) is 0 Å². The van der Waals surface area contributed by atoms with Crippen LogP contribution in [-0.4, -0.2) is 18.5 Å². The molecule has 0 radical (unpaired) electrons. The van der Waals surface area contributed by atoms with E-state index in [1.54, 1.807) is 0 Å². The molecule has 116 valence electrons. The lowest BCUT2D eigenvalue weighted by Gasteiger charge is -2.43. The molecular weight excluding hydrogens is 267 g/mol. The van der Waals surface area contributed by atoms with Gasteiger partial charge in [-0.05, 0) is 36.5 Å². The molecule has 1 amide bonds. The molecule has 1 aromatic carbocycles. The minimum atomic E-state index is -0.458. The topological polar surface area (TPSA) is 55.1 Å². The molecule has 1 aliphatic rings. The maximum absolute atomic E-state index is 13.1. The maximum Gasteiger partial charge on any atom is 0.237 e. The summed E-state index contributed by atoms with van der Waals surface area (Å²) in [6.07, 6.45) is 4.08. The summed E-state index contributed by atoms with van der Waals surface area (Å²) < 4.78 is 13.1. The summed E-state index contributed by atoms with van der Waals surface area (Å²) in [4.78, 5) is 12.1. The Kier molecular flexibility index (Phi) is 4.99. The monoisotopic (exact) mass is 292 g/mol. The fourth-order valence-corrected chi connectivity index (χ4v) is 2.86. The van der Waals surface area contributed by atoms with Gasteiger partial charge in [-0.2, -0.15) is 0 Å². The molecule has 4 heteroatoms. The van der Waals surface area contributed by atoms with E-state index in [9.17, 15) is 9.18 Å². The summed E-state index contributed by atoms with van der Waals surface area (Å²) in [6, 6.07) is 6.18. The Morgan fingerprint density at radius 2 is 2.00 bits per heavy atom. The number of halogens is 1. The number of rotatable bonds is 6. The molecule has 0 spiro atoms. The minimum absolute atomic E-state index is 0.0431. The van der Waals surface area contributed by atoms with Crippen molar-refractivity contribution >= 4 is 5.91 Å². The molecule has 2 atom stereocenters. The van der Waals surface area contributed by atoms with E-state index in [0.717, 1.165) is 31.2 Å². The highest BCUT2D eigenvalue weighted by Crippen LogP contribution is 2.43. The van der Waals surface area contributed by atoms with Crippen molar-refractivity contribution < 1.29 is 9.18 Å². The quantitative estimate of drug-likeness (QED) is 0.847. The lowest BCUT2D eigenvalue weighted by atomic mass is 9.64. The molecule has 0 heterocycles. The second kappa shape index (κ2) is 6.56. The summed E-state index contributed by atoms with van der Waals surface area (Å²) in [6.45, 7) is 4.61. The molecule has 2 unspecified atom stereocenters. The van der Waals surface area contributed by atoms with Gasteiger partial charge in [0.2, 0.25) is 5.91 Å². The van der Waals surface area contributed by atoms with E-state index in [1.165, 1.54) is 12.1 Å². The number of carbonyl (C=O) groups excluding carboxylic acids is 1. The number of nitrogens with two attached hydrogens (primary N) is 1. The van der Waals surface area contributed by atoms with Gasteiger partial charge in [-0.1, -0.05) is 38.8 Å². The fraction of sp³-hybridized carbons (Fsp3) is 0.588. The zero-order valence-electron chi connectivity index (χ0n) is 12.9. The smallest absolute Gasteiger partial charge is 0.237 e. The average Bonchev–Trinajstić information content (AvgIpc) is 2.45. The highest BCUT2D eigenvalue weighted by molar-refractivity contribution is 5.81. The lowest BCUT2D eigenvalue weighted by molar-refractivity contribution is -0.123. The molecule has 3 nitrogen and oxygen atoms in total. The van der Waals surface area contributed by atoms with Crippen LogP contribution < -0.4 is 11.1 Å². The molecule has 0 aromatic heterocycles. The van der Waals surface area contributed by atoms with Gasteiger partial charge in [0.15, 0.2) is 0 Å². The van der Waals surface area contributed by atoms with Gasteiger partial charge in [-0.3, -0.25) is 4.79 Å². The van der Waals surface area contributed by atoms with Gasteiger partial charge in [0.1, 0.15) is 5.82 Å². The van der Waals surface area contributed by atoms with E-state index in [2.05, 4.69) is 5.32 Å². The van der Waals surface area contributed by atoms with E-state index in [4.69, 9.17) is 5.73 Å². The van der Waals surface area contributed by atoms with Crippen molar-refractivity contribution in [2.45, 2.75) is 51.0 Å². The Morgan fingerprint density at radius 1 is 1.38 bits per heavy atom. The molecule has 0 saturated heterocycles. The first-order valence-corrected chi connectivity index (χ1v) is 7.78. The predicted octanol–water partition coefficient (Wildman–Crippen LogP) is 2.74. The molecule has 0 aliphatic heterocycles. The van der Waals surface area contributed by atoms with Crippen LogP contribution >= 0.6 is 0 Å². The van der Waals surface area contributed by atoms with E-state index in [1.807, 2.05) is 26.0 Å². The predicted molar refractivity (Wildman–Crippen MR) is 82.4 cm³/mol. The molecule has 1 fully saturated rings. The van der Waals surface area contributed by atoms with Crippen LogP contribution in [0.5, 0.6) is 0 Å². The molecule has 1 aliphatic carbocycles. The van der Waals surface area contributed by atoms with Gasteiger partial charge in [0.05, 0.1) is 6.04 Å². The Labute approximate surface area is 126 Å². The van der Waals surface area contributed by atoms with Crippen LogP contribution in [0.1, 0.15) is 45.1 Å². The van der Waals surface area contributed by atoms with E-state index < -0.39 is 6.04 Å². The van der Waals surface area contributed by atoms with Crippen molar-refractivity contribution in [3.05, 3.63) is 35.6 Å².